The summed E-state index contributed by atoms with van der Waals surface area (Å²) >= 11 is 0. The van der Waals surface area contributed by atoms with Gasteiger partial charge >= 0.3 is 0 Å². The molecule has 0 aromatic heterocycles. The van der Waals surface area contributed by atoms with Gasteiger partial charge in [0.1, 0.15) is 5.75 Å². The molecule has 0 spiro atoms. The summed E-state index contributed by atoms with van der Waals surface area (Å²) in [4.78, 5) is 0. The normalized spacial score (nSPS) is 15.1. The molecular weight excluding hydrogens is 302 g/mol. The first kappa shape index (κ1) is 20.0. The van der Waals surface area contributed by atoms with E-state index in [9.17, 15) is 0 Å². The van der Waals surface area contributed by atoms with Crippen molar-refractivity contribution in [3.05, 3.63) is 24.3 Å². The highest BCUT2D eigenvalue weighted by Crippen LogP contribution is 2.37. The molecule has 132 valence electrons. The van der Waals surface area contributed by atoms with E-state index in [-0.39, 0.29) is 5.04 Å². The Labute approximate surface area is 143 Å². The van der Waals surface area contributed by atoms with Gasteiger partial charge in [0.05, 0.1) is 7.11 Å². The highest BCUT2D eigenvalue weighted by atomic mass is 28.4. The van der Waals surface area contributed by atoms with Gasteiger partial charge in [-0.15, -0.1) is 0 Å². The second-order valence-electron chi connectivity index (χ2n) is 7.94. The number of methoxy groups -OCH3 is 1. The molecule has 3 nitrogen and oxygen atoms in total. The van der Waals surface area contributed by atoms with Crippen molar-refractivity contribution in [3.63, 3.8) is 0 Å². The summed E-state index contributed by atoms with van der Waals surface area (Å²) in [6, 6.07) is 8.54. The van der Waals surface area contributed by atoms with Gasteiger partial charge in [0.25, 0.3) is 0 Å². The maximum Gasteiger partial charge on any atom is 0.191 e. The summed E-state index contributed by atoms with van der Waals surface area (Å²) in [6.07, 6.45) is 1.08. The fraction of sp³-hybridized carbons (Fsp3) is 0.684. The molecule has 0 aliphatic heterocycles. The van der Waals surface area contributed by atoms with Gasteiger partial charge in [0.15, 0.2) is 8.32 Å². The van der Waals surface area contributed by atoms with E-state index >= 15 is 0 Å². The SMILES string of the molecule is CC[C@@H](Nc1ccc(OC)cc1)[C@@H](C)CO[Si](C)(C)C(C)(C)C. The van der Waals surface area contributed by atoms with Crippen LogP contribution < -0.4 is 10.1 Å². The zero-order valence-electron chi connectivity index (χ0n) is 16.2. The lowest BCUT2D eigenvalue weighted by Crippen LogP contribution is -2.43. The van der Waals surface area contributed by atoms with Crippen LogP contribution in [0.5, 0.6) is 5.75 Å². The molecule has 0 aliphatic carbocycles. The second-order valence-corrected chi connectivity index (χ2v) is 12.7. The molecule has 23 heavy (non-hydrogen) atoms. The minimum absolute atomic E-state index is 0.262. The highest BCUT2D eigenvalue weighted by molar-refractivity contribution is 6.74. The predicted molar refractivity (Wildman–Crippen MR) is 103 cm³/mol. The van der Waals surface area contributed by atoms with Crippen molar-refractivity contribution >= 4 is 14.0 Å². The second kappa shape index (κ2) is 8.20. The molecule has 1 aromatic rings. The molecule has 2 atom stereocenters. The Balaban J connectivity index is 2.62. The highest BCUT2D eigenvalue weighted by Gasteiger charge is 2.37. The number of ether oxygens (including phenoxy) is 1. The third-order valence-electron chi connectivity index (χ3n) is 5.08. The maximum atomic E-state index is 6.39. The Bertz CT molecular complexity index is 465. The minimum atomic E-state index is -1.68. The van der Waals surface area contributed by atoms with Crippen LogP contribution in [0.25, 0.3) is 0 Å². The summed E-state index contributed by atoms with van der Waals surface area (Å²) in [5.74, 6) is 1.36. The average Bonchev–Trinajstić information content (AvgIpc) is 2.49. The molecule has 0 saturated carbocycles. The van der Waals surface area contributed by atoms with Crippen molar-refractivity contribution in [2.45, 2.75) is 65.2 Å². The van der Waals surface area contributed by atoms with E-state index in [1.165, 1.54) is 0 Å². The van der Waals surface area contributed by atoms with E-state index in [0.717, 1.165) is 24.5 Å². The molecule has 1 rings (SSSR count). The van der Waals surface area contributed by atoms with E-state index in [1.807, 2.05) is 12.1 Å². The van der Waals surface area contributed by atoms with Crippen LogP contribution in [0, 0.1) is 5.92 Å². The molecule has 4 heteroatoms. The molecule has 0 amide bonds. The van der Waals surface area contributed by atoms with Crippen LogP contribution in [0.2, 0.25) is 18.1 Å². The lowest BCUT2D eigenvalue weighted by molar-refractivity contribution is 0.221. The van der Waals surface area contributed by atoms with Crippen molar-refractivity contribution < 1.29 is 9.16 Å². The lowest BCUT2D eigenvalue weighted by atomic mass is 10.0. The Morgan fingerprint density at radius 3 is 2.13 bits per heavy atom. The van der Waals surface area contributed by atoms with Crippen LogP contribution in [0.3, 0.4) is 0 Å². The third-order valence-corrected chi connectivity index (χ3v) is 9.58. The standard InChI is InChI=1S/C19H35NO2Si/c1-9-18(20-16-10-12-17(21-6)13-11-16)15(2)14-22-23(7,8)19(3,4)5/h10-13,15,18,20H,9,14H2,1-8H3/t15-,18+/m0/s1. The van der Waals surface area contributed by atoms with Gasteiger partial charge in [-0.25, -0.2) is 0 Å². The summed E-state index contributed by atoms with van der Waals surface area (Å²) in [6.45, 7) is 16.8. The van der Waals surface area contributed by atoms with Crippen LogP contribution in [-0.4, -0.2) is 28.1 Å². The summed E-state index contributed by atoms with van der Waals surface area (Å²) < 4.78 is 11.6. The third kappa shape index (κ3) is 5.85. The first-order valence-electron chi connectivity index (χ1n) is 8.65. The Morgan fingerprint density at radius 2 is 1.70 bits per heavy atom. The largest absolute Gasteiger partial charge is 0.497 e. The Morgan fingerprint density at radius 1 is 1.13 bits per heavy atom. The number of benzene rings is 1. The Kier molecular flexibility index (Phi) is 7.15. The molecule has 1 aromatic carbocycles. The topological polar surface area (TPSA) is 30.5 Å². The molecule has 0 bridgehead atoms. The van der Waals surface area contributed by atoms with Gasteiger partial charge in [0, 0.05) is 18.3 Å². The fourth-order valence-corrected chi connectivity index (χ4v) is 3.33. The number of anilines is 1. The van der Waals surface area contributed by atoms with E-state index in [0.29, 0.717) is 12.0 Å². The van der Waals surface area contributed by atoms with E-state index in [2.05, 4.69) is 65.2 Å². The monoisotopic (exact) mass is 337 g/mol. The zero-order chi connectivity index (χ0) is 17.7. The van der Waals surface area contributed by atoms with Crippen molar-refractivity contribution in [2.75, 3.05) is 19.0 Å². The van der Waals surface area contributed by atoms with Crippen LogP contribution in [-0.2, 0) is 4.43 Å². The van der Waals surface area contributed by atoms with Crippen LogP contribution in [0.15, 0.2) is 24.3 Å². The van der Waals surface area contributed by atoms with E-state index < -0.39 is 8.32 Å². The average molecular weight is 338 g/mol. The van der Waals surface area contributed by atoms with Crippen molar-refractivity contribution in [1.82, 2.24) is 0 Å². The van der Waals surface area contributed by atoms with E-state index in [4.69, 9.17) is 9.16 Å². The number of nitrogens with one attached hydrogen (secondary N) is 1. The van der Waals surface area contributed by atoms with Gasteiger partial charge in [-0.3, -0.25) is 0 Å². The smallest absolute Gasteiger partial charge is 0.191 e. The van der Waals surface area contributed by atoms with Gasteiger partial charge < -0.3 is 14.5 Å². The van der Waals surface area contributed by atoms with Crippen molar-refractivity contribution in [3.8, 4) is 5.75 Å². The molecule has 0 radical (unpaired) electrons. The number of hydrogen-bond acceptors (Lipinski definition) is 3. The zero-order valence-corrected chi connectivity index (χ0v) is 17.2. The Hall–Kier alpha value is -1.00. The molecule has 0 aliphatic rings. The first-order valence-corrected chi connectivity index (χ1v) is 11.6. The van der Waals surface area contributed by atoms with Crippen molar-refractivity contribution in [1.29, 1.82) is 0 Å². The molecule has 1 N–H and O–H groups in total. The van der Waals surface area contributed by atoms with Gasteiger partial charge in [-0.2, -0.15) is 0 Å². The van der Waals surface area contributed by atoms with Gasteiger partial charge in [-0.1, -0.05) is 34.6 Å². The predicted octanol–water partition coefficient (Wildman–Crippen LogP) is 5.54. The van der Waals surface area contributed by atoms with Crippen LogP contribution >= 0.6 is 0 Å². The van der Waals surface area contributed by atoms with Crippen LogP contribution in [0.1, 0.15) is 41.0 Å². The summed E-state index contributed by atoms with van der Waals surface area (Å²) in [5.41, 5.74) is 1.14. The molecule has 0 fully saturated rings. The fourth-order valence-electron chi connectivity index (χ4n) is 2.22. The summed E-state index contributed by atoms with van der Waals surface area (Å²) in [7, 11) is 0.0170. The number of hydrogen-bond donors (Lipinski definition) is 1. The van der Waals surface area contributed by atoms with Crippen LogP contribution in [0.4, 0.5) is 5.69 Å². The lowest BCUT2D eigenvalue weighted by Gasteiger charge is -2.38. The summed E-state index contributed by atoms with van der Waals surface area (Å²) in [5, 5.41) is 3.90. The van der Waals surface area contributed by atoms with Gasteiger partial charge in [0.2, 0.25) is 0 Å². The molecule has 0 unspecified atom stereocenters. The van der Waals surface area contributed by atoms with Gasteiger partial charge in [-0.05, 0) is 54.7 Å². The first-order chi connectivity index (χ1) is 10.6. The molecule has 0 saturated heterocycles. The maximum absolute atomic E-state index is 6.39. The van der Waals surface area contributed by atoms with Crippen molar-refractivity contribution in [2.24, 2.45) is 5.92 Å². The quantitative estimate of drug-likeness (QED) is 0.631. The minimum Gasteiger partial charge on any atom is -0.497 e. The molecular formula is C19H35NO2Si. The number of rotatable bonds is 8. The molecule has 0 heterocycles. The van der Waals surface area contributed by atoms with E-state index in [1.54, 1.807) is 7.11 Å².